The fourth-order valence-electron chi connectivity index (χ4n) is 3.89. The Bertz CT molecular complexity index is 1180. The Morgan fingerprint density at radius 1 is 1.19 bits per heavy atom. The molecule has 3 heterocycles. The number of fused-ring (bicyclic) bond motifs is 1. The minimum absolute atomic E-state index is 0.192. The van der Waals surface area contributed by atoms with Gasteiger partial charge in [-0.1, -0.05) is 0 Å². The molecule has 0 saturated heterocycles. The standard InChI is InChI=1S/C20H18F4N6O/c1-29-17(7-18(28-29)20(22,23)24)19(31)26-13-4-5-14-11(13)9-30(27-14)16-6-15(10-2-3-10)25-8-12(16)21/h6-10,13H,2-5H2,1H3,(H,26,31)/t13-/m0/s1. The van der Waals surface area contributed by atoms with Gasteiger partial charge >= 0.3 is 6.18 Å². The average molecular weight is 434 g/mol. The second-order valence-corrected chi connectivity index (χ2v) is 7.91. The van der Waals surface area contributed by atoms with Crippen molar-refractivity contribution >= 4 is 5.91 Å². The SMILES string of the molecule is Cn1nc(C(F)(F)F)cc1C(=O)N[C@H]1CCc2nn(-c3cc(C4CC4)ncc3F)cc21. The minimum Gasteiger partial charge on any atom is -0.344 e. The summed E-state index contributed by atoms with van der Waals surface area (Å²) in [6, 6.07) is 1.98. The maximum Gasteiger partial charge on any atom is 0.435 e. The number of aromatic nitrogens is 5. The maximum absolute atomic E-state index is 14.4. The Morgan fingerprint density at radius 2 is 1.97 bits per heavy atom. The Labute approximate surface area is 174 Å². The summed E-state index contributed by atoms with van der Waals surface area (Å²) in [6.07, 6.45) is 1.40. The third-order valence-corrected chi connectivity index (χ3v) is 5.68. The molecule has 0 aliphatic heterocycles. The molecular formula is C20H18F4N6O. The van der Waals surface area contributed by atoms with Gasteiger partial charge in [-0.25, -0.2) is 9.07 Å². The van der Waals surface area contributed by atoms with Crippen LogP contribution in [0.1, 0.15) is 64.4 Å². The lowest BCUT2D eigenvalue weighted by atomic mass is 10.2. The molecule has 2 aliphatic carbocycles. The van der Waals surface area contributed by atoms with E-state index < -0.39 is 29.6 Å². The van der Waals surface area contributed by atoms with Crippen LogP contribution in [0.5, 0.6) is 0 Å². The van der Waals surface area contributed by atoms with E-state index in [9.17, 15) is 22.4 Å². The third kappa shape index (κ3) is 3.57. The van der Waals surface area contributed by atoms with Crippen molar-refractivity contribution in [3.8, 4) is 5.69 Å². The molecule has 2 aliphatic rings. The highest BCUT2D eigenvalue weighted by atomic mass is 19.4. The van der Waals surface area contributed by atoms with E-state index in [2.05, 4.69) is 20.5 Å². The van der Waals surface area contributed by atoms with Gasteiger partial charge in [0.05, 0.1) is 17.9 Å². The first kappa shape index (κ1) is 19.7. The molecule has 1 amide bonds. The molecule has 31 heavy (non-hydrogen) atoms. The molecule has 0 radical (unpaired) electrons. The molecule has 11 heteroatoms. The van der Waals surface area contributed by atoms with E-state index in [1.807, 2.05) is 0 Å². The summed E-state index contributed by atoms with van der Waals surface area (Å²) in [5.41, 5.74) is 1.24. The van der Waals surface area contributed by atoms with Gasteiger partial charge in [-0.05, 0) is 31.7 Å². The predicted octanol–water partition coefficient (Wildman–Crippen LogP) is 3.45. The quantitative estimate of drug-likeness (QED) is 0.638. The van der Waals surface area contributed by atoms with E-state index in [1.165, 1.54) is 17.9 Å². The van der Waals surface area contributed by atoms with E-state index in [0.717, 1.165) is 40.5 Å². The van der Waals surface area contributed by atoms with Crippen molar-refractivity contribution in [3.63, 3.8) is 0 Å². The molecule has 0 unspecified atom stereocenters. The third-order valence-electron chi connectivity index (χ3n) is 5.68. The molecule has 162 valence electrons. The first-order chi connectivity index (χ1) is 14.7. The Hall–Kier alpha value is -3.24. The fraction of sp³-hybridized carbons (Fsp3) is 0.400. The van der Waals surface area contributed by atoms with E-state index in [0.29, 0.717) is 18.8 Å². The van der Waals surface area contributed by atoms with Gasteiger partial charge in [-0.15, -0.1) is 0 Å². The number of carbonyl (C=O) groups is 1. The van der Waals surface area contributed by atoms with Crippen molar-refractivity contribution in [1.29, 1.82) is 0 Å². The van der Waals surface area contributed by atoms with Gasteiger partial charge in [0.15, 0.2) is 11.5 Å². The molecule has 1 fully saturated rings. The molecule has 0 aromatic carbocycles. The summed E-state index contributed by atoms with van der Waals surface area (Å²) < 4.78 is 55.3. The lowest BCUT2D eigenvalue weighted by molar-refractivity contribution is -0.141. The summed E-state index contributed by atoms with van der Waals surface area (Å²) in [7, 11) is 1.28. The number of pyridine rings is 1. The zero-order valence-corrected chi connectivity index (χ0v) is 16.4. The second-order valence-electron chi connectivity index (χ2n) is 7.91. The number of carbonyl (C=O) groups excluding carboxylic acids is 1. The second kappa shape index (κ2) is 6.89. The molecule has 3 aromatic heterocycles. The number of hydrogen-bond acceptors (Lipinski definition) is 4. The van der Waals surface area contributed by atoms with Crippen LogP contribution < -0.4 is 5.32 Å². The number of halogens is 4. The van der Waals surface area contributed by atoms with Crippen LogP contribution in [0.25, 0.3) is 5.69 Å². The van der Waals surface area contributed by atoms with Crippen molar-refractivity contribution < 1.29 is 22.4 Å². The van der Waals surface area contributed by atoms with Crippen molar-refractivity contribution in [2.24, 2.45) is 7.05 Å². The minimum atomic E-state index is -4.63. The summed E-state index contributed by atoms with van der Waals surface area (Å²) in [5.74, 6) is -0.808. The number of hydrogen-bond donors (Lipinski definition) is 1. The number of alkyl halides is 3. The average Bonchev–Trinajstić information content (AvgIpc) is 3.18. The van der Waals surface area contributed by atoms with Gasteiger partial charge in [-0.2, -0.15) is 23.4 Å². The van der Waals surface area contributed by atoms with Gasteiger partial charge < -0.3 is 5.32 Å². The Morgan fingerprint density at radius 3 is 2.65 bits per heavy atom. The van der Waals surface area contributed by atoms with Gasteiger partial charge in [0.2, 0.25) is 0 Å². The van der Waals surface area contributed by atoms with Crippen LogP contribution in [0.3, 0.4) is 0 Å². The summed E-state index contributed by atoms with van der Waals surface area (Å²) in [4.78, 5) is 16.7. The van der Waals surface area contributed by atoms with Crippen LogP contribution in [-0.2, 0) is 19.6 Å². The van der Waals surface area contributed by atoms with Crippen molar-refractivity contribution in [2.75, 3.05) is 0 Å². The highest BCUT2D eigenvalue weighted by Gasteiger charge is 2.36. The first-order valence-electron chi connectivity index (χ1n) is 9.87. The smallest absolute Gasteiger partial charge is 0.344 e. The van der Waals surface area contributed by atoms with Gasteiger partial charge in [0.1, 0.15) is 11.4 Å². The van der Waals surface area contributed by atoms with E-state index in [4.69, 9.17) is 0 Å². The largest absolute Gasteiger partial charge is 0.435 e. The number of nitrogens with zero attached hydrogens (tertiary/aromatic N) is 5. The lowest BCUT2D eigenvalue weighted by Gasteiger charge is -2.13. The molecule has 1 saturated carbocycles. The molecule has 3 aromatic rings. The molecule has 7 nitrogen and oxygen atoms in total. The molecule has 0 bridgehead atoms. The van der Waals surface area contributed by atoms with Crippen LogP contribution in [0.2, 0.25) is 0 Å². The molecule has 1 atom stereocenters. The van der Waals surface area contributed by atoms with Gasteiger partial charge in [0.25, 0.3) is 5.91 Å². The van der Waals surface area contributed by atoms with Crippen LogP contribution in [0.4, 0.5) is 17.6 Å². The van der Waals surface area contributed by atoms with Crippen LogP contribution in [-0.4, -0.2) is 30.5 Å². The molecule has 0 spiro atoms. The van der Waals surface area contributed by atoms with Crippen LogP contribution in [0.15, 0.2) is 24.5 Å². The molecule has 5 rings (SSSR count). The Kier molecular flexibility index (Phi) is 4.38. The van der Waals surface area contributed by atoms with E-state index in [-0.39, 0.29) is 11.4 Å². The highest BCUT2D eigenvalue weighted by molar-refractivity contribution is 5.93. The lowest BCUT2D eigenvalue weighted by Crippen LogP contribution is -2.28. The summed E-state index contributed by atoms with van der Waals surface area (Å²) in [5, 5.41) is 10.6. The van der Waals surface area contributed by atoms with Gasteiger partial charge in [-0.3, -0.25) is 14.5 Å². The Balaban J connectivity index is 1.38. The van der Waals surface area contributed by atoms with Crippen molar-refractivity contribution in [3.05, 3.63) is 58.7 Å². The number of rotatable bonds is 4. The van der Waals surface area contributed by atoms with Crippen molar-refractivity contribution in [1.82, 2.24) is 29.9 Å². The van der Waals surface area contributed by atoms with Crippen LogP contribution >= 0.6 is 0 Å². The zero-order valence-electron chi connectivity index (χ0n) is 16.4. The fourth-order valence-corrected chi connectivity index (χ4v) is 3.89. The predicted molar refractivity (Wildman–Crippen MR) is 100 cm³/mol. The molecule has 1 N–H and O–H groups in total. The monoisotopic (exact) mass is 434 g/mol. The molecular weight excluding hydrogens is 416 g/mol. The topological polar surface area (TPSA) is 77.6 Å². The summed E-state index contributed by atoms with van der Waals surface area (Å²) in [6.45, 7) is 0. The summed E-state index contributed by atoms with van der Waals surface area (Å²) >= 11 is 0. The van der Waals surface area contributed by atoms with E-state index >= 15 is 0 Å². The number of amides is 1. The van der Waals surface area contributed by atoms with Crippen molar-refractivity contribution in [2.45, 2.75) is 43.8 Å². The highest BCUT2D eigenvalue weighted by Crippen LogP contribution is 2.40. The van der Waals surface area contributed by atoms with Crippen LogP contribution in [0, 0.1) is 5.82 Å². The first-order valence-corrected chi connectivity index (χ1v) is 9.87. The van der Waals surface area contributed by atoms with E-state index in [1.54, 1.807) is 12.3 Å². The zero-order chi connectivity index (χ0) is 21.9. The number of aryl methyl sites for hydroxylation is 2. The number of nitrogens with one attached hydrogen (secondary N) is 1. The maximum atomic E-state index is 14.4. The normalized spacial score (nSPS) is 18.3. The van der Waals surface area contributed by atoms with Gasteiger partial charge in [0, 0.05) is 36.5 Å².